The second kappa shape index (κ2) is 9.18. The van der Waals surface area contributed by atoms with E-state index in [2.05, 4.69) is 25.9 Å². The van der Waals surface area contributed by atoms with Gasteiger partial charge in [-0.3, -0.25) is 19.2 Å². The number of nitrogens with one attached hydrogen (secondary N) is 1. The Bertz CT molecular complexity index is 1230. The number of aromatic nitrogens is 6. The number of rotatable bonds is 7. The summed E-state index contributed by atoms with van der Waals surface area (Å²) in [5.74, 6) is -2.06. The molecule has 0 saturated carbocycles. The summed E-state index contributed by atoms with van der Waals surface area (Å²) in [7, 11) is 1.64. The standard InChI is InChI=1S/C18H19F3N8O4S2/c1-7-4-10(18(19,20)21)24-29(7)8(2)13(30)22-11-14(31)28-12(16(32)33)9(5-34-15(11)28)6-35-17-23-25-26-27(17)3/h4,8,11,15H,5-6H2,1-3H3,(H,22,30)(H,32,33). The lowest BCUT2D eigenvalue weighted by molar-refractivity contribution is -0.151. The largest absolute Gasteiger partial charge is 0.477 e. The third kappa shape index (κ3) is 4.61. The van der Waals surface area contributed by atoms with Gasteiger partial charge in [0.1, 0.15) is 23.2 Å². The molecule has 3 unspecified atom stereocenters. The minimum atomic E-state index is -4.66. The van der Waals surface area contributed by atoms with Gasteiger partial charge in [-0.05, 0) is 35.9 Å². The lowest BCUT2D eigenvalue weighted by Gasteiger charge is -2.49. The number of carboxylic acids is 1. The van der Waals surface area contributed by atoms with Gasteiger partial charge in [0, 0.05) is 24.2 Å². The fourth-order valence-corrected chi connectivity index (χ4v) is 6.03. The predicted octanol–water partition coefficient (Wildman–Crippen LogP) is 0.826. The van der Waals surface area contributed by atoms with Crippen molar-refractivity contribution in [3.8, 4) is 0 Å². The van der Waals surface area contributed by atoms with E-state index in [0.29, 0.717) is 16.5 Å². The maximum atomic E-state index is 13.0. The second-order valence-electron chi connectivity index (χ2n) is 7.82. The van der Waals surface area contributed by atoms with Crippen molar-refractivity contribution in [2.24, 2.45) is 7.05 Å². The number of amides is 2. The van der Waals surface area contributed by atoms with Crippen LogP contribution < -0.4 is 5.32 Å². The first-order valence-electron chi connectivity index (χ1n) is 10.1. The maximum absolute atomic E-state index is 13.0. The van der Waals surface area contributed by atoms with Crippen molar-refractivity contribution in [1.82, 2.24) is 40.2 Å². The summed E-state index contributed by atoms with van der Waals surface area (Å²) >= 11 is 2.50. The Morgan fingerprint density at radius 1 is 1.40 bits per heavy atom. The number of tetrazole rings is 1. The van der Waals surface area contributed by atoms with Crippen molar-refractivity contribution in [3.63, 3.8) is 0 Å². The lowest BCUT2D eigenvalue weighted by atomic mass is 10.0. The molecule has 2 aliphatic rings. The molecule has 0 aromatic carbocycles. The van der Waals surface area contributed by atoms with Crippen LogP contribution in [-0.2, 0) is 27.6 Å². The molecule has 12 nitrogen and oxygen atoms in total. The van der Waals surface area contributed by atoms with Crippen LogP contribution in [0, 0.1) is 6.92 Å². The molecule has 2 aromatic heterocycles. The van der Waals surface area contributed by atoms with Crippen LogP contribution in [0.3, 0.4) is 0 Å². The van der Waals surface area contributed by atoms with Crippen LogP contribution in [0.1, 0.15) is 24.4 Å². The number of hydrogen-bond donors (Lipinski definition) is 2. The van der Waals surface area contributed by atoms with Crippen LogP contribution in [-0.4, -0.2) is 80.7 Å². The van der Waals surface area contributed by atoms with E-state index in [4.69, 9.17) is 0 Å². The van der Waals surface area contributed by atoms with Gasteiger partial charge in [0.15, 0.2) is 5.69 Å². The Balaban J connectivity index is 1.46. The van der Waals surface area contributed by atoms with Gasteiger partial charge in [-0.25, -0.2) is 9.48 Å². The highest BCUT2D eigenvalue weighted by atomic mass is 32.2. The van der Waals surface area contributed by atoms with Crippen LogP contribution in [0.2, 0.25) is 0 Å². The third-order valence-corrected chi connectivity index (χ3v) is 7.90. The normalized spacial score (nSPS) is 21.0. The molecule has 188 valence electrons. The zero-order valence-electron chi connectivity index (χ0n) is 18.5. The zero-order chi connectivity index (χ0) is 25.7. The molecule has 35 heavy (non-hydrogen) atoms. The summed E-state index contributed by atoms with van der Waals surface area (Å²) in [6.45, 7) is 2.75. The third-order valence-electron chi connectivity index (χ3n) is 5.46. The van der Waals surface area contributed by atoms with Gasteiger partial charge in [0.25, 0.3) is 5.91 Å². The number of alkyl halides is 3. The first kappa shape index (κ1) is 25.0. The van der Waals surface area contributed by atoms with Crippen molar-refractivity contribution < 1.29 is 32.7 Å². The number of β-lactam (4-membered cyclic amide) rings is 1. The van der Waals surface area contributed by atoms with E-state index in [1.807, 2.05) is 0 Å². The number of nitrogens with zero attached hydrogens (tertiary/aromatic N) is 7. The van der Waals surface area contributed by atoms with Crippen LogP contribution in [0.25, 0.3) is 0 Å². The molecule has 1 saturated heterocycles. The van der Waals surface area contributed by atoms with Gasteiger partial charge in [-0.15, -0.1) is 16.9 Å². The van der Waals surface area contributed by atoms with E-state index in [9.17, 15) is 32.7 Å². The molecular formula is C18H19F3N8O4S2. The van der Waals surface area contributed by atoms with Crippen molar-refractivity contribution in [2.75, 3.05) is 11.5 Å². The number of hydrogen-bond acceptors (Lipinski definition) is 9. The first-order chi connectivity index (χ1) is 16.4. The minimum absolute atomic E-state index is 0.130. The Morgan fingerprint density at radius 3 is 2.69 bits per heavy atom. The summed E-state index contributed by atoms with van der Waals surface area (Å²) in [6.07, 6.45) is -4.66. The predicted molar refractivity (Wildman–Crippen MR) is 116 cm³/mol. The highest BCUT2D eigenvalue weighted by molar-refractivity contribution is 8.01. The van der Waals surface area contributed by atoms with E-state index in [0.717, 1.165) is 15.6 Å². The van der Waals surface area contributed by atoms with Gasteiger partial charge < -0.3 is 10.4 Å². The molecule has 3 atom stereocenters. The monoisotopic (exact) mass is 532 g/mol. The molecule has 2 amide bonds. The lowest BCUT2D eigenvalue weighted by Crippen LogP contribution is -2.71. The van der Waals surface area contributed by atoms with Crippen LogP contribution in [0.5, 0.6) is 0 Å². The Hall–Kier alpha value is -3.08. The number of thioether (sulfide) groups is 2. The Labute approximate surface area is 204 Å². The maximum Gasteiger partial charge on any atom is 0.435 e. The number of carbonyl (C=O) groups is 3. The SMILES string of the molecule is Cc1cc(C(F)(F)F)nn1C(C)C(=O)NC1C(=O)N2C(C(=O)O)=C(CSc3nnnn3C)CSC12. The van der Waals surface area contributed by atoms with Crippen molar-refractivity contribution in [1.29, 1.82) is 0 Å². The summed E-state index contributed by atoms with van der Waals surface area (Å²) < 4.78 is 41.2. The highest BCUT2D eigenvalue weighted by Gasteiger charge is 2.54. The number of fused-ring (bicyclic) bond motifs is 1. The topological polar surface area (TPSA) is 148 Å². The molecule has 4 rings (SSSR count). The Kier molecular flexibility index (Phi) is 6.56. The molecule has 0 spiro atoms. The fourth-order valence-electron chi connectivity index (χ4n) is 3.69. The average Bonchev–Trinajstić information content (AvgIpc) is 3.39. The molecule has 1 fully saturated rings. The van der Waals surface area contributed by atoms with E-state index in [-0.39, 0.29) is 17.1 Å². The number of aryl methyl sites for hydroxylation is 2. The molecule has 2 aromatic rings. The molecule has 0 bridgehead atoms. The van der Waals surface area contributed by atoms with Crippen molar-refractivity contribution in [3.05, 3.63) is 28.7 Å². The van der Waals surface area contributed by atoms with E-state index >= 15 is 0 Å². The van der Waals surface area contributed by atoms with Gasteiger partial charge in [-0.2, -0.15) is 18.3 Å². The van der Waals surface area contributed by atoms with Crippen LogP contribution >= 0.6 is 23.5 Å². The van der Waals surface area contributed by atoms with Gasteiger partial charge in [0.05, 0.1) is 0 Å². The van der Waals surface area contributed by atoms with Crippen LogP contribution in [0.4, 0.5) is 13.2 Å². The summed E-state index contributed by atoms with van der Waals surface area (Å²) in [4.78, 5) is 38.7. The number of halogens is 3. The summed E-state index contributed by atoms with van der Waals surface area (Å²) in [6, 6.07) is -1.31. The smallest absolute Gasteiger partial charge is 0.435 e. The Morgan fingerprint density at radius 2 is 2.11 bits per heavy atom. The van der Waals surface area contributed by atoms with Gasteiger partial charge >= 0.3 is 12.1 Å². The number of carboxylic acid groups (broad SMARTS) is 1. The second-order valence-corrected chi connectivity index (χ2v) is 9.86. The molecule has 4 heterocycles. The minimum Gasteiger partial charge on any atom is -0.477 e. The van der Waals surface area contributed by atoms with Gasteiger partial charge in [0.2, 0.25) is 11.1 Å². The number of carbonyl (C=O) groups excluding carboxylic acids is 2. The summed E-state index contributed by atoms with van der Waals surface area (Å²) in [5.41, 5.74) is -0.644. The highest BCUT2D eigenvalue weighted by Crippen LogP contribution is 2.41. The van der Waals surface area contributed by atoms with E-state index < -0.39 is 47.1 Å². The quantitative estimate of drug-likeness (QED) is 0.388. The van der Waals surface area contributed by atoms with Crippen molar-refractivity contribution >= 4 is 41.3 Å². The van der Waals surface area contributed by atoms with Gasteiger partial charge in [-0.1, -0.05) is 11.8 Å². The fraction of sp³-hybridized carbons (Fsp3) is 0.500. The number of aliphatic carboxylic acids is 1. The first-order valence-corrected chi connectivity index (χ1v) is 12.1. The zero-order valence-corrected chi connectivity index (χ0v) is 20.1. The van der Waals surface area contributed by atoms with Crippen LogP contribution in [0.15, 0.2) is 22.5 Å². The van der Waals surface area contributed by atoms with E-state index in [1.54, 1.807) is 7.05 Å². The molecule has 2 aliphatic heterocycles. The molecule has 0 radical (unpaired) electrons. The van der Waals surface area contributed by atoms with E-state index in [1.165, 1.54) is 42.1 Å². The van der Waals surface area contributed by atoms with Crippen molar-refractivity contribution in [2.45, 2.75) is 42.6 Å². The molecular weight excluding hydrogens is 513 g/mol. The molecule has 2 N–H and O–H groups in total. The molecule has 0 aliphatic carbocycles. The average molecular weight is 533 g/mol. The summed E-state index contributed by atoms with van der Waals surface area (Å²) in [5, 5.41) is 26.6. The molecule has 17 heteroatoms.